The van der Waals surface area contributed by atoms with Crippen LogP contribution in [0.1, 0.15) is 45.7 Å². The summed E-state index contributed by atoms with van der Waals surface area (Å²) in [7, 11) is 0. The Labute approximate surface area is 179 Å². The van der Waals surface area contributed by atoms with Crippen LogP contribution in [-0.4, -0.2) is 10.5 Å². The van der Waals surface area contributed by atoms with Crippen LogP contribution in [0.3, 0.4) is 0 Å². The summed E-state index contributed by atoms with van der Waals surface area (Å²) < 4.78 is 0. The summed E-state index contributed by atoms with van der Waals surface area (Å²) in [5.41, 5.74) is 8.91. The van der Waals surface area contributed by atoms with Crippen molar-refractivity contribution >= 4 is 22.3 Å². The predicted octanol–water partition coefficient (Wildman–Crippen LogP) is 7.48. The number of benzene rings is 3. The Kier molecular flexibility index (Phi) is 4.05. The lowest BCUT2D eigenvalue weighted by atomic mass is 9.82. The zero-order valence-corrected chi connectivity index (χ0v) is 18.4. The minimum Gasteiger partial charge on any atom is -0.336 e. The second kappa shape index (κ2) is 6.43. The lowest BCUT2D eigenvalue weighted by Crippen LogP contribution is -2.38. The summed E-state index contributed by atoms with van der Waals surface area (Å²) in [6.07, 6.45) is 1.85. The van der Waals surface area contributed by atoms with Crippen molar-refractivity contribution in [2.24, 2.45) is 0 Å². The molecular formula is C28H28N2. The van der Waals surface area contributed by atoms with Gasteiger partial charge in [-0.15, -0.1) is 0 Å². The van der Waals surface area contributed by atoms with Gasteiger partial charge in [0.15, 0.2) is 0 Å². The standard InChI is InChI=1S/C28H28N2/c1-27(2,3)30(20-15-16-24-19(18-20)10-9-17-29-24)25-14-8-13-23-26(25)21-11-6-7-12-22(21)28(23,4)5/h6-18H,1-5H3. The second-order valence-corrected chi connectivity index (χ2v) is 9.76. The fourth-order valence-corrected chi connectivity index (χ4v) is 5.01. The molecule has 2 nitrogen and oxygen atoms in total. The molecule has 0 saturated heterocycles. The summed E-state index contributed by atoms with van der Waals surface area (Å²) in [6.45, 7) is 11.5. The van der Waals surface area contributed by atoms with Crippen LogP contribution in [-0.2, 0) is 5.41 Å². The molecule has 1 aliphatic carbocycles. The molecule has 4 aromatic rings. The third-order valence-electron chi connectivity index (χ3n) is 6.34. The topological polar surface area (TPSA) is 16.1 Å². The van der Waals surface area contributed by atoms with Crippen molar-refractivity contribution in [1.29, 1.82) is 0 Å². The minimum atomic E-state index is -0.0906. The Morgan fingerprint density at radius 1 is 0.800 bits per heavy atom. The number of aromatic nitrogens is 1. The van der Waals surface area contributed by atoms with Gasteiger partial charge in [0.2, 0.25) is 0 Å². The summed E-state index contributed by atoms with van der Waals surface area (Å²) in [5.74, 6) is 0. The Balaban J connectivity index is 1.79. The molecule has 30 heavy (non-hydrogen) atoms. The van der Waals surface area contributed by atoms with Gasteiger partial charge in [0, 0.05) is 39.5 Å². The highest BCUT2D eigenvalue weighted by molar-refractivity contribution is 5.93. The molecule has 5 rings (SSSR count). The molecule has 150 valence electrons. The number of hydrogen-bond acceptors (Lipinski definition) is 2. The van der Waals surface area contributed by atoms with E-state index in [0.717, 1.165) is 10.9 Å². The Hall–Kier alpha value is -3.13. The van der Waals surface area contributed by atoms with Gasteiger partial charge in [-0.1, -0.05) is 56.3 Å². The maximum atomic E-state index is 4.50. The van der Waals surface area contributed by atoms with Crippen LogP contribution in [0.25, 0.3) is 22.0 Å². The summed E-state index contributed by atoms with van der Waals surface area (Å²) >= 11 is 0. The molecule has 0 saturated carbocycles. The van der Waals surface area contributed by atoms with Crippen molar-refractivity contribution in [3.8, 4) is 11.1 Å². The van der Waals surface area contributed by atoms with E-state index in [4.69, 9.17) is 0 Å². The maximum Gasteiger partial charge on any atom is 0.0703 e. The Morgan fingerprint density at radius 3 is 2.37 bits per heavy atom. The molecule has 0 amide bonds. The highest BCUT2D eigenvalue weighted by Crippen LogP contribution is 2.53. The van der Waals surface area contributed by atoms with E-state index in [0.29, 0.717) is 0 Å². The van der Waals surface area contributed by atoms with E-state index in [9.17, 15) is 0 Å². The average molecular weight is 393 g/mol. The lowest BCUT2D eigenvalue weighted by molar-refractivity contribution is 0.560. The van der Waals surface area contributed by atoms with Crippen LogP contribution < -0.4 is 4.90 Å². The molecule has 0 bridgehead atoms. The lowest BCUT2D eigenvalue weighted by Gasteiger charge is -2.39. The monoisotopic (exact) mass is 392 g/mol. The molecule has 0 N–H and O–H groups in total. The molecule has 0 fully saturated rings. The van der Waals surface area contributed by atoms with Crippen LogP contribution in [0.15, 0.2) is 79.0 Å². The van der Waals surface area contributed by atoms with Gasteiger partial charge in [-0.25, -0.2) is 0 Å². The molecule has 1 aromatic heterocycles. The van der Waals surface area contributed by atoms with Crippen LogP contribution in [0.4, 0.5) is 11.4 Å². The third-order valence-corrected chi connectivity index (χ3v) is 6.34. The van der Waals surface area contributed by atoms with Crippen LogP contribution in [0.5, 0.6) is 0 Å². The molecule has 0 unspecified atom stereocenters. The van der Waals surface area contributed by atoms with E-state index in [-0.39, 0.29) is 11.0 Å². The maximum absolute atomic E-state index is 4.50. The number of pyridine rings is 1. The highest BCUT2D eigenvalue weighted by atomic mass is 15.2. The number of hydrogen-bond donors (Lipinski definition) is 0. The number of fused-ring (bicyclic) bond motifs is 4. The van der Waals surface area contributed by atoms with Crippen LogP contribution in [0, 0.1) is 0 Å². The van der Waals surface area contributed by atoms with E-state index in [1.165, 1.54) is 33.6 Å². The quantitative estimate of drug-likeness (QED) is 0.351. The molecule has 0 aliphatic heterocycles. The van der Waals surface area contributed by atoms with Gasteiger partial charge in [0.05, 0.1) is 5.52 Å². The van der Waals surface area contributed by atoms with Crippen molar-refractivity contribution in [2.75, 3.05) is 4.90 Å². The van der Waals surface area contributed by atoms with Gasteiger partial charge in [0.1, 0.15) is 0 Å². The van der Waals surface area contributed by atoms with Crippen molar-refractivity contribution < 1.29 is 0 Å². The van der Waals surface area contributed by atoms with Crippen molar-refractivity contribution in [3.63, 3.8) is 0 Å². The molecule has 0 atom stereocenters. The average Bonchev–Trinajstić information content (AvgIpc) is 2.95. The van der Waals surface area contributed by atoms with Gasteiger partial charge in [-0.05, 0) is 67.8 Å². The summed E-state index contributed by atoms with van der Waals surface area (Å²) in [6, 6.07) is 26.4. The van der Waals surface area contributed by atoms with E-state index in [2.05, 4.69) is 111 Å². The van der Waals surface area contributed by atoms with Crippen molar-refractivity contribution in [1.82, 2.24) is 4.98 Å². The molecule has 2 heteroatoms. The van der Waals surface area contributed by atoms with Gasteiger partial charge >= 0.3 is 0 Å². The smallest absolute Gasteiger partial charge is 0.0703 e. The van der Waals surface area contributed by atoms with Crippen LogP contribution in [0.2, 0.25) is 0 Å². The Morgan fingerprint density at radius 2 is 1.57 bits per heavy atom. The predicted molar refractivity (Wildman–Crippen MR) is 128 cm³/mol. The van der Waals surface area contributed by atoms with Gasteiger partial charge < -0.3 is 4.90 Å². The Bertz CT molecular complexity index is 1260. The molecular weight excluding hydrogens is 364 g/mol. The van der Waals surface area contributed by atoms with Crippen molar-refractivity contribution in [3.05, 3.63) is 90.1 Å². The first kappa shape index (κ1) is 18.9. The number of nitrogens with zero attached hydrogens (tertiary/aromatic N) is 2. The van der Waals surface area contributed by atoms with Gasteiger partial charge in [0.25, 0.3) is 0 Å². The van der Waals surface area contributed by atoms with E-state index < -0.39 is 0 Å². The zero-order valence-electron chi connectivity index (χ0n) is 18.4. The van der Waals surface area contributed by atoms with Gasteiger partial charge in [-0.3, -0.25) is 4.98 Å². The van der Waals surface area contributed by atoms with Gasteiger partial charge in [-0.2, -0.15) is 0 Å². The fourth-order valence-electron chi connectivity index (χ4n) is 5.01. The van der Waals surface area contributed by atoms with Crippen LogP contribution >= 0.6 is 0 Å². The SMILES string of the molecule is CC1(C)c2ccccc2-c2c(N(c3ccc4ncccc4c3)C(C)(C)C)cccc21. The first-order valence-electron chi connectivity index (χ1n) is 10.7. The molecule has 1 heterocycles. The highest BCUT2D eigenvalue weighted by Gasteiger charge is 2.38. The first-order chi connectivity index (χ1) is 14.3. The second-order valence-electron chi connectivity index (χ2n) is 9.76. The largest absolute Gasteiger partial charge is 0.336 e. The number of anilines is 2. The molecule has 1 aliphatic rings. The molecule has 0 radical (unpaired) electrons. The van der Waals surface area contributed by atoms with E-state index >= 15 is 0 Å². The first-order valence-corrected chi connectivity index (χ1v) is 10.7. The summed E-state index contributed by atoms with van der Waals surface area (Å²) in [5, 5.41) is 1.16. The molecule has 0 spiro atoms. The number of rotatable bonds is 2. The minimum absolute atomic E-state index is 0.00119. The molecule has 3 aromatic carbocycles. The third kappa shape index (κ3) is 2.74. The van der Waals surface area contributed by atoms with Crippen molar-refractivity contribution in [2.45, 2.75) is 45.6 Å². The zero-order chi connectivity index (χ0) is 21.1. The fraction of sp³-hybridized carbons (Fsp3) is 0.250. The normalized spacial score (nSPS) is 14.4. The summed E-state index contributed by atoms with van der Waals surface area (Å²) in [4.78, 5) is 6.99. The van der Waals surface area contributed by atoms with E-state index in [1.807, 2.05) is 12.3 Å². The van der Waals surface area contributed by atoms with E-state index in [1.54, 1.807) is 0 Å².